The number of hydrogen-bond donors (Lipinski definition) is 0. The Hall–Kier alpha value is -2.31. The van der Waals surface area contributed by atoms with Crippen LogP contribution in [0.1, 0.15) is 29.6 Å². The number of aromatic nitrogens is 2. The molecule has 6 heteroatoms. The van der Waals surface area contributed by atoms with Gasteiger partial charge in [0, 0.05) is 58.4 Å². The molecule has 2 aliphatic heterocycles. The number of hydrogen-bond acceptors (Lipinski definition) is 5. The van der Waals surface area contributed by atoms with Crippen molar-refractivity contribution in [1.82, 2.24) is 24.7 Å². The lowest BCUT2D eigenvalue weighted by molar-refractivity contribution is -0.134. The fraction of sp³-hybridized carbons (Fsp3) is 0.500. The Labute approximate surface area is 167 Å². The van der Waals surface area contributed by atoms with Gasteiger partial charge in [-0.15, -0.1) is 0 Å². The molecule has 0 saturated carbocycles. The number of benzene rings is 1. The van der Waals surface area contributed by atoms with Crippen LogP contribution in [0.15, 0.2) is 36.5 Å². The molecule has 0 N–H and O–H groups in total. The zero-order chi connectivity index (χ0) is 19.3. The molecule has 0 aliphatic carbocycles. The normalized spacial score (nSPS) is 18.1. The highest BCUT2D eigenvalue weighted by Crippen LogP contribution is 2.17. The van der Waals surface area contributed by atoms with Crippen LogP contribution in [0.5, 0.6) is 0 Å². The predicted molar refractivity (Wildman–Crippen MR) is 109 cm³/mol. The first-order chi connectivity index (χ1) is 13.7. The first kappa shape index (κ1) is 19.0. The summed E-state index contributed by atoms with van der Waals surface area (Å²) in [5.74, 6) is 1.13. The molecule has 0 bridgehead atoms. The molecule has 28 heavy (non-hydrogen) atoms. The van der Waals surface area contributed by atoms with Crippen molar-refractivity contribution in [2.24, 2.45) is 0 Å². The summed E-state index contributed by atoms with van der Waals surface area (Å²) < 4.78 is 0. The molecule has 2 aromatic rings. The van der Waals surface area contributed by atoms with Gasteiger partial charge in [-0.1, -0.05) is 37.3 Å². The lowest BCUT2D eigenvalue weighted by atomic mass is 10.1. The fourth-order valence-electron chi connectivity index (χ4n) is 3.99. The van der Waals surface area contributed by atoms with Crippen molar-refractivity contribution in [2.45, 2.75) is 32.9 Å². The van der Waals surface area contributed by atoms with Gasteiger partial charge in [0.2, 0.25) is 5.91 Å². The van der Waals surface area contributed by atoms with Crippen LogP contribution in [0.3, 0.4) is 0 Å². The smallest absolute Gasteiger partial charge is 0.236 e. The summed E-state index contributed by atoms with van der Waals surface area (Å²) in [7, 11) is 0. The van der Waals surface area contributed by atoms with E-state index in [1.165, 1.54) is 11.1 Å². The van der Waals surface area contributed by atoms with Crippen LogP contribution >= 0.6 is 0 Å². The van der Waals surface area contributed by atoms with E-state index in [0.29, 0.717) is 6.54 Å². The van der Waals surface area contributed by atoms with Crippen molar-refractivity contribution < 1.29 is 4.79 Å². The molecule has 1 aromatic carbocycles. The molecule has 0 atom stereocenters. The highest BCUT2D eigenvalue weighted by Gasteiger charge is 2.25. The Morgan fingerprint density at radius 1 is 1.04 bits per heavy atom. The molecule has 148 valence electrons. The highest BCUT2D eigenvalue weighted by molar-refractivity contribution is 5.78. The maximum absolute atomic E-state index is 12.8. The van der Waals surface area contributed by atoms with Crippen LogP contribution in [0.25, 0.3) is 0 Å². The van der Waals surface area contributed by atoms with E-state index >= 15 is 0 Å². The van der Waals surface area contributed by atoms with Crippen molar-refractivity contribution in [3.05, 3.63) is 59.2 Å². The van der Waals surface area contributed by atoms with E-state index in [-0.39, 0.29) is 5.91 Å². The maximum Gasteiger partial charge on any atom is 0.236 e. The summed E-state index contributed by atoms with van der Waals surface area (Å²) >= 11 is 0. The largest absolute Gasteiger partial charge is 0.339 e. The summed E-state index contributed by atoms with van der Waals surface area (Å²) in [5.41, 5.74) is 3.66. The molecule has 2 aliphatic rings. The second-order valence-electron chi connectivity index (χ2n) is 7.71. The lowest BCUT2D eigenvalue weighted by Crippen LogP contribution is -2.51. The molecular formula is C22H29N5O. The number of piperazine rings is 1. The molecule has 3 heterocycles. The molecular weight excluding hydrogens is 350 g/mol. The molecule has 1 aromatic heterocycles. The van der Waals surface area contributed by atoms with Gasteiger partial charge in [-0.2, -0.15) is 0 Å². The number of rotatable bonds is 5. The molecule has 0 unspecified atom stereocenters. The minimum Gasteiger partial charge on any atom is -0.339 e. The maximum atomic E-state index is 12.8. The van der Waals surface area contributed by atoms with E-state index < -0.39 is 0 Å². The van der Waals surface area contributed by atoms with E-state index in [2.05, 4.69) is 51.0 Å². The summed E-state index contributed by atoms with van der Waals surface area (Å²) in [4.78, 5) is 28.5. The van der Waals surface area contributed by atoms with Crippen molar-refractivity contribution in [3.8, 4) is 0 Å². The predicted octanol–water partition coefficient (Wildman–Crippen LogP) is 1.74. The standard InChI is InChI=1S/C22H29N5O/c1-2-21-23-14-19-8-9-26(16-20(19)24-21)17-22(28)27-12-10-25(11-13-27)15-18-6-4-3-5-7-18/h3-7,14H,2,8-13,15-17H2,1H3. The van der Waals surface area contributed by atoms with Crippen molar-refractivity contribution in [1.29, 1.82) is 0 Å². The van der Waals surface area contributed by atoms with E-state index in [1.54, 1.807) is 0 Å². The minimum atomic E-state index is 0.243. The molecule has 1 saturated heterocycles. The van der Waals surface area contributed by atoms with Crippen LogP contribution in [-0.2, 0) is 30.7 Å². The Morgan fingerprint density at radius 2 is 1.82 bits per heavy atom. The number of carbonyl (C=O) groups is 1. The Morgan fingerprint density at radius 3 is 2.57 bits per heavy atom. The number of amides is 1. The molecule has 1 amide bonds. The SMILES string of the molecule is CCc1ncc2c(n1)CN(CC(=O)N1CCN(Cc3ccccc3)CC1)CC2. The average Bonchev–Trinajstić information content (AvgIpc) is 2.74. The van der Waals surface area contributed by atoms with Gasteiger partial charge < -0.3 is 4.90 Å². The second-order valence-corrected chi connectivity index (χ2v) is 7.71. The summed E-state index contributed by atoms with van der Waals surface area (Å²) in [6.45, 7) is 8.70. The van der Waals surface area contributed by atoms with E-state index in [4.69, 9.17) is 0 Å². The van der Waals surface area contributed by atoms with Crippen molar-refractivity contribution in [3.63, 3.8) is 0 Å². The van der Waals surface area contributed by atoms with Gasteiger partial charge in [-0.05, 0) is 17.5 Å². The average molecular weight is 380 g/mol. The number of nitrogens with zero attached hydrogens (tertiary/aromatic N) is 5. The molecule has 1 fully saturated rings. The summed E-state index contributed by atoms with van der Waals surface area (Å²) in [5, 5.41) is 0. The summed E-state index contributed by atoms with van der Waals surface area (Å²) in [6.07, 6.45) is 3.74. The Kier molecular flexibility index (Phi) is 5.98. The highest BCUT2D eigenvalue weighted by atomic mass is 16.2. The van der Waals surface area contributed by atoms with Crippen LogP contribution in [0.2, 0.25) is 0 Å². The van der Waals surface area contributed by atoms with Crippen molar-refractivity contribution >= 4 is 5.91 Å². The van der Waals surface area contributed by atoms with Crippen LogP contribution < -0.4 is 0 Å². The molecule has 0 spiro atoms. The third-order valence-electron chi connectivity index (χ3n) is 5.72. The van der Waals surface area contributed by atoms with Gasteiger partial charge in [-0.3, -0.25) is 14.6 Å². The van der Waals surface area contributed by atoms with Crippen LogP contribution in [-0.4, -0.2) is 69.8 Å². The zero-order valence-electron chi connectivity index (χ0n) is 16.7. The zero-order valence-corrected chi connectivity index (χ0v) is 16.7. The minimum absolute atomic E-state index is 0.243. The van der Waals surface area contributed by atoms with Crippen LogP contribution in [0.4, 0.5) is 0 Å². The topological polar surface area (TPSA) is 52.6 Å². The third kappa shape index (κ3) is 4.56. The quantitative estimate of drug-likeness (QED) is 0.792. The van der Waals surface area contributed by atoms with Gasteiger partial charge in [-0.25, -0.2) is 9.97 Å². The first-order valence-electron chi connectivity index (χ1n) is 10.3. The first-order valence-corrected chi connectivity index (χ1v) is 10.3. The number of aryl methyl sites for hydroxylation is 1. The van der Waals surface area contributed by atoms with E-state index in [0.717, 1.165) is 70.2 Å². The number of fused-ring (bicyclic) bond motifs is 1. The second kappa shape index (κ2) is 8.80. The summed E-state index contributed by atoms with van der Waals surface area (Å²) in [6, 6.07) is 10.5. The lowest BCUT2D eigenvalue weighted by Gasteiger charge is -2.36. The van der Waals surface area contributed by atoms with Crippen LogP contribution in [0, 0.1) is 0 Å². The Balaban J connectivity index is 1.27. The van der Waals surface area contributed by atoms with E-state index in [9.17, 15) is 4.79 Å². The Bertz CT molecular complexity index is 802. The van der Waals surface area contributed by atoms with E-state index in [1.807, 2.05) is 17.2 Å². The number of carbonyl (C=O) groups excluding carboxylic acids is 1. The van der Waals surface area contributed by atoms with Crippen molar-refractivity contribution in [2.75, 3.05) is 39.3 Å². The monoisotopic (exact) mass is 379 g/mol. The molecule has 6 nitrogen and oxygen atoms in total. The molecule has 4 rings (SSSR count). The molecule has 0 radical (unpaired) electrons. The van der Waals surface area contributed by atoms with Gasteiger partial charge in [0.05, 0.1) is 12.2 Å². The van der Waals surface area contributed by atoms with Gasteiger partial charge in [0.1, 0.15) is 5.82 Å². The fourth-order valence-corrected chi connectivity index (χ4v) is 3.99. The third-order valence-corrected chi connectivity index (χ3v) is 5.72. The van der Waals surface area contributed by atoms with Gasteiger partial charge in [0.15, 0.2) is 0 Å². The van der Waals surface area contributed by atoms with Gasteiger partial charge in [0.25, 0.3) is 0 Å². The van der Waals surface area contributed by atoms with Gasteiger partial charge >= 0.3 is 0 Å².